The third-order valence-electron chi connectivity index (χ3n) is 6.39. The Morgan fingerprint density at radius 1 is 1.31 bits per heavy atom. The smallest absolute Gasteiger partial charge is 0.356 e. The third kappa shape index (κ3) is 5.41. The minimum absolute atomic E-state index is 0.0250. The maximum absolute atomic E-state index is 14.7. The van der Waals surface area contributed by atoms with Crippen LogP contribution < -0.4 is 10.9 Å². The van der Waals surface area contributed by atoms with E-state index in [1.54, 1.807) is 37.8 Å². The van der Waals surface area contributed by atoms with Crippen LogP contribution in [0.2, 0.25) is 5.15 Å². The number of carboxylic acid groups (broad SMARTS) is 1. The van der Waals surface area contributed by atoms with Gasteiger partial charge in [0.15, 0.2) is 5.69 Å². The number of halogens is 2. The number of carboxylic acids is 1. The Morgan fingerprint density at radius 3 is 2.79 bits per heavy atom. The minimum atomic E-state index is -1.27. The van der Waals surface area contributed by atoms with Gasteiger partial charge in [-0.25, -0.2) is 19.2 Å². The summed E-state index contributed by atoms with van der Waals surface area (Å²) >= 11 is 5.87. The van der Waals surface area contributed by atoms with Crippen LogP contribution in [0.4, 0.5) is 10.1 Å². The molecule has 0 saturated carbocycles. The van der Waals surface area contributed by atoms with Crippen LogP contribution in [0, 0.1) is 5.82 Å². The van der Waals surface area contributed by atoms with Crippen LogP contribution >= 0.6 is 11.6 Å². The molecule has 3 N–H and O–H groups in total. The Morgan fingerprint density at radius 2 is 2.08 bits per heavy atom. The molecule has 0 spiro atoms. The molecule has 0 saturated heterocycles. The number of rotatable bonds is 7. The van der Waals surface area contributed by atoms with Gasteiger partial charge in [-0.2, -0.15) is 5.10 Å². The van der Waals surface area contributed by atoms with Crippen LogP contribution in [-0.2, 0) is 13.1 Å². The van der Waals surface area contributed by atoms with Crippen LogP contribution in [0.3, 0.4) is 0 Å². The molecule has 4 aromatic rings. The molecule has 0 fully saturated rings. The van der Waals surface area contributed by atoms with E-state index >= 15 is 0 Å². The fourth-order valence-electron chi connectivity index (χ4n) is 4.74. The molecule has 1 aliphatic rings. The number of aromatic carboxylic acids is 1. The molecule has 3 aromatic heterocycles. The topological polar surface area (TPSA) is 135 Å². The predicted molar refractivity (Wildman–Crippen MR) is 145 cm³/mol. The molecule has 1 aromatic carbocycles. The number of hydrogen-bond donors (Lipinski definition) is 3. The molecule has 0 amide bonds. The van der Waals surface area contributed by atoms with Gasteiger partial charge >= 0.3 is 5.97 Å². The van der Waals surface area contributed by atoms with Crippen molar-refractivity contribution in [3.8, 4) is 0 Å². The first kappa shape index (κ1) is 26.5. The average molecular weight is 553 g/mol. The van der Waals surface area contributed by atoms with Crippen molar-refractivity contribution in [2.24, 2.45) is 0 Å². The first-order chi connectivity index (χ1) is 18.4. The Labute approximate surface area is 227 Å². The zero-order valence-electron chi connectivity index (χ0n) is 21.4. The van der Waals surface area contributed by atoms with E-state index in [2.05, 4.69) is 15.4 Å². The monoisotopic (exact) mass is 552 g/mol. The number of anilines is 1. The number of aromatic nitrogens is 5. The molecule has 12 heteroatoms. The summed E-state index contributed by atoms with van der Waals surface area (Å²) < 4.78 is 17.9. The van der Waals surface area contributed by atoms with Gasteiger partial charge in [-0.3, -0.25) is 14.0 Å². The van der Waals surface area contributed by atoms with Gasteiger partial charge in [0.1, 0.15) is 16.8 Å². The van der Waals surface area contributed by atoms with E-state index in [0.717, 1.165) is 11.1 Å². The van der Waals surface area contributed by atoms with Crippen molar-refractivity contribution in [2.75, 3.05) is 5.32 Å². The van der Waals surface area contributed by atoms with Crippen LogP contribution in [0.25, 0.3) is 22.6 Å². The molecule has 0 radical (unpaired) electrons. The zero-order valence-corrected chi connectivity index (χ0v) is 22.2. The summed E-state index contributed by atoms with van der Waals surface area (Å²) in [6, 6.07) is 4.75. The van der Waals surface area contributed by atoms with Crippen LogP contribution in [0.5, 0.6) is 0 Å². The summed E-state index contributed by atoms with van der Waals surface area (Å²) in [5.41, 5.74) is 0.957. The van der Waals surface area contributed by atoms with E-state index in [9.17, 15) is 24.2 Å². The van der Waals surface area contributed by atoms with Crippen molar-refractivity contribution in [2.45, 2.75) is 51.9 Å². The van der Waals surface area contributed by atoms with Gasteiger partial charge in [0, 0.05) is 23.9 Å². The van der Waals surface area contributed by atoms with Gasteiger partial charge < -0.3 is 15.5 Å². The Kier molecular flexibility index (Phi) is 6.73. The summed E-state index contributed by atoms with van der Waals surface area (Å²) in [7, 11) is 0. The summed E-state index contributed by atoms with van der Waals surface area (Å²) in [4.78, 5) is 33.8. The number of carbonyl (C=O) groups is 1. The van der Waals surface area contributed by atoms with Gasteiger partial charge in [0.05, 0.1) is 41.0 Å². The van der Waals surface area contributed by atoms with Crippen molar-refractivity contribution in [1.82, 2.24) is 24.3 Å². The lowest BCUT2D eigenvalue weighted by molar-refractivity contribution is 0.0577. The van der Waals surface area contributed by atoms with E-state index in [4.69, 9.17) is 16.6 Å². The second-order valence-electron chi connectivity index (χ2n) is 10.2. The molecule has 1 aliphatic heterocycles. The van der Waals surface area contributed by atoms with Crippen molar-refractivity contribution >= 4 is 45.8 Å². The maximum Gasteiger partial charge on any atom is 0.356 e. The molecule has 4 heterocycles. The number of nitrogens with one attached hydrogen (secondary N) is 1. The first-order valence-corrected chi connectivity index (χ1v) is 12.6. The highest BCUT2D eigenvalue weighted by Gasteiger charge is 2.25. The lowest BCUT2D eigenvalue weighted by Crippen LogP contribution is -2.26. The first-order valence-electron chi connectivity index (χ1n) is 12.3. The van der Waals surface area contributed by atoms with Crippen molar-refractivity contribution in [3.63, 3.8) is 0 Å². The SMILES string of the molecule is C[C@@H](Nc1ccc(Cl)nc1C(=O)O)c1cc(F)cc2c(=O)n3c(nc12)C(=Cc1cnn(CC(C)(C)O)c1)CC3. The highest BCUT2D eigenvalue weighted by atomic mass is 35.5. The number of nitrogens with zero attached hydrogens (tertiary/aromatic N) is 5. The summed E-state index contributed by atoms with van der Waals surface area (Å²) in [6.07, 6.45) is 5.93. The molecule has 0 bridgehead atoms. The minimum Gasteiger partial charge on any atom is -0.476 e. The zero-order chi connectivity index (χ0) is 28.1. The third-order valence-corrected chi connectivity index (χ3v) is 6.60. The standard InChI is InChI=1S/C27H26ClFN6O4/c1-14(31-20-4-5-21(28)32-23(20)26(37)38)18-9-17(29)10-19-22(18)33-24-16(6-7-35(24)25(19)36)8-15-11-30-34(12-15)13-27(2,3)39/h4-5,8-12,14,31,39H,6-7,13H2,1-3H3,(H,37,38)/t14-/m1/s1. The fourth-order valence-corrected chi connectivity index (χ4v) is 4.89. The normalized spacial score (nSPS) is 15.1. The number of fused-ring (bicyclic) bond motifs is 2. The second kappa shape index (κ2) is 9.90. The number of aliphatic hydroxyl groups is 1. The summed E-state index contributed by atoms with van der Waals surface area (Å²) in [5.74, 6) is -1.40. The van der Waals surface area contributed by atoms with Gasteiger partial charge in [0.25, 0.3) is 5.56 Å². The van der Waals surface area contributed by atoms with Crippen LogP contribution in [-0.4, -0.2) is 46.1 Å². The Balaban J connectivity index is 1.56. The van der Waals surface area contributed by atoms with Crippen molar-refractivity contribution < 1.29 is 19.4 Å². The molecular weight excluding hydrogens is 527 g/mol. The molecule has 10 nitrogen and oxygen atoms in total. The number of pyridine rings is 1. The van der Waals surface area contributed by atoms with Crippen molar-refractivity contribution in [3.05, 3.63) is 80.6 Å². The van der Waals surface area contributed by atoms with Gasteiger partial charge in [-0.15, -0.1) is 0 Å². The predicted octanol–water partition coefficient (Wildman–Crippen LogP) is 4.37. The van der Waals surface area contributed by atoms with Gasteiger partial charge in [-0.05, 0) is 63.1 Å². The van der Waals surface area contributed by atoms with Crippen molar-refractivity contribution in [1.29, 1.82) is 0 Å². The second-order valence-corrected chi connectivity index (χ2v) is 10.6. The largest absolute Gasteiger partial charge is 0.476 e. The average Bonchev–Trinajstić information content (AvgIpc) is 3.46. The Bertz CT molecular complexity index is 1710. The van der Waals surface area contributed by atoms with E-state index < -0.39 is 23.4 Å². The fraction of sp³-hybridized carbons (Fsp3) is 0.296. The highest BCUT2D eigenvalue weighted by Crippen LogP contribution is 2.32. The lowest BCUT2D eigenvalue weighted by Gasteiger charge is -2.19. The molecule has 202 valence electrons. The van der Waals surface area contributed by atoms with E-state index in [1.807, 2.05) is 6.08 Å². The van der Waals surface area contributed by atoms with Gasteiger partial charge in [-0.1, -0.05) is 11.6 Å². The van der Waals surface area contributed by atoms with E-state index in [-0.39, 0.29) is 27.5 Å². The molecule has 39 heavy (non-hydrogen) atoms. The highest BCUT2D eigenvalue weighted by molar-refractivity contribution is 6.29. The molecule has 5 rings (SSSR count). The lowest BCUT2D eigenvalue weighted by atomic mass is 10.0. The summed E-state index contributed by atoms with van der Waals surface area (Å²) in [6.45, 7) is 5.84. The molecular formula is C27H26ClFN6O4. The molecule has 0 aliphatic carbocycles. The summed E-state index contributed by atoms with van der Waals surface area (Å²) in [5, 5.41) is 27.1. The van der Waals surface area contributed by atoms with Crippen LogP contribution in [0.1, 0.15) is 60.7 Å². The molecule has 0 unspecified atom stereocenters. The Hall–Kier alpha value is -4.09. The van der Waals surface area contributed by atoms with Gasteiger partial charge in [0.2, 0.25) is 0 Å². The number of allylic oxidation sites excluding steroid dienone is 1. The maximum atomic E-state index is 14.7. The number of hydrogen-bond acceptors (Lipinski definition) is 7. The van der Waals surface area contributed by atoms with E-state index in [0.29, 0.717) is 36.4 Å². The molecule has 1 atom stereocenters. The van der Waals surface area contributed by atoms with E-state index in [1.165, 1.54) is 28.8 Å². The number of benzene rings is 1. The quantitative estimate of drug-likeness (QED) is 0.288. The van der Waals surface area contributed by atoms with Crippen LogP contribution in [0.15, 0.2) is 41.5 Å².